The number of nitrogens with one attached hydrogen (secondary N) is 1. The number of rotatable bonds is 6. The fourth-order valence-electron chi connectivity index (χ4n) is 2.01. The normalized spacial score (nSPS) is 12.7. The molecular formula is C15H20ClN3S. The molecule has 1 unspecified atom stereocenters. The number of halogens is 1. The molecule has 0 spiro atoms. The molecule has 2 rings (SSSR count). The van der Waals surface area contributed by atoms with Crippen LogP contribution in [0.1, 0.15) is 56.3 Å². The van der Waals surface area contributed by atoms with Gasteiger partial charge in [0.15, 0.2) is 0 Å². The van der Waals surface area contributed by atoms with Gasteiger partial charge in [-0.15, -0.1) is 11.3 Å². The average molecular weight is 310 g/mol. The van der Waals surface area contributed by atoms with Crippen LogP contribution in [-0.2, 0) is 0 Å². The Kier molecular flexibility index (Phi) is 5.38. The van der Waals surface area contributed by atoms with Crippen molar-refractivity contribution < 1.29 is 0 Å². The third-order valence-electron chi connectivity index (χ3n) is 3.01. The van der Waals surface area contributed by atoms with Crippen LogP contribution < -0.4 is 5.32 Å². The Labute approximate surface area is 129 Å². The Balaban J connectivity index is 2.22. The summed E-state index contributed by atoms with van der Waals surface area (Å²) in [5.41, 5.74) is 0. The van der Waals surface area contributed by atoms with Gasteiger partial charge in [-0.25, -0.2) is 9.97 Å². The van der Waals surface area contributed by atoms with Gasteiger partial charge in [-0.1, -0.05) is 44.9 Å². The topological polar surface area (TPSA) is 37.8 Å². The van der Waals surface area contributed by atoms with E-state index in [1.165, 1.54) is 4.88 Å². The summed E-state index contributed by atoms with van der Waals surface area (Å²) >= 11 is 7.86. The maximum Gasteiger partial charge on any atom is 0.135 e. The molecule has 1 atom stereocenters. The maximum absolute atomic E-state index is 6.09. The van der Waals surface area contributed by atoms with Gasteiger partial charge in [0, 0.05) is 16.9 Å². The van der Waals surface area contributed by atoms with Crippen LogP contribution >= 0.6 is 22.9 Å². The molecule has 0 aromatic carbocycles. The fourth-order valence-corrected chi connectivity index (χ4v) is 3.01. The minimum atomic E-state index is 0.264. The molecule has 0 bridgehead atoms. The summed E-state index contributed by atoms with van der Waals surface area (Å²) < 4.78 is 0. The van der Waals surface area contributed by atoms with Crippen molar-refractivity contribution in [2.75, 3.05) is 5.32 Å². The number of hydrogen-bond donors (Lipinski definition) is 1. The summed E-state index contributed by atoms with van der Waals surface area (Å²) in [6, 6.07) is 6.32. The number of thiophene rings is 1. The minimum Gasteiger partial charge on any atom is -0.362 e. The molecule has 0 aliphatic carbocycles. The highest BCUT2D eigenvalue weighted by Crippen LogP contribution is 2.28. The Bertz CT molecular complexity index is 540. The van der Waals surface area contributed by atoms with E-state index < -0.39 is 0 Å². The van der Waals surface area contributed by atoms with Crippen molar-refractivity contribution in [3.8, 4) is 0 Å². The van der Waals surface area contributed by atoms with Crippen molar-refractivity contribution in [1.29, 1.82) is 0 Å². The Morgan fingerprint density at radius 2 is 2.15 bits per heavy atom. The van der Waals surface area contributed by atoms with Crippen LogP contribution in [0.4, 0.5) is 5.82 Å². The number of aromatic nitrogens is 2. The van der Waals surface area contributed by atoms with Crippen LogP contribution in [0.2, 0.25) is 5.15 Å². The van der Waals surface area contributed by atoms with Crippen molar-refractivity contribution >= 4 is 28.8 Å². The van der Waals surface area contributed by atoms with Crippen molar-refractivity contribution in [3.05, 3.63) is 39.4 Å². The van der Waals surface area contributed by atoms with E-state index in [1.54, 1.807) is 17.4 Å². The lowest BCUT2D eigenvalue weighted by Gasteiger charge is -2.18. The Morgan fingerprint density at radius 1 is 1.35 bits per heavy atom. The first-order valence-corrected chi connectivity index (χ1v) is 8.20. The third kappa shape index (κ3) is 3.93. The van der Waals surface area contributed by atoms with Crippen molar-refractivity contribution in [1.82, 2.24) is 9.97 Å². The molecule has 0 saturated heterocycles. The second kappa shape index (κ2) is 7.04. The third-order valence-corrected chi connectivity index (χ3v) is 4.19. The fraction of sp³-hybridized carbons (Fsp3) is 0.467. The van der Waals surface area contributed by atoms with Crippen LogP contribution in [-0.4, -0.2) is 9.97 Å². The number of hydrogen-bond acceptors (Lipinski definition) is 4. The lowest BCUT2D eigenvalue weighted by atomic mass is 10.1. The molecule has 3 nitrogen and oxygen atoms in total. The number of anilines is 1. The van der Waals surface area contributed by atoms with Gasteiger partial charge in [0.05, 0.1) is 6.04 Å². The molecular weight excluding hydrogens is 290 g/mol. The molecule has 0 radical (unpaired) electrons. The highest BCUT2D eigenvalue weighted by atomic mass is 35.5. The van der Waals surface area contributed by atoms with Gasteiger partial charge in [-0.05, 0) is 17.9 Å². The summed E-state index contributed by atoms with van der Waals surface area (Å²) in [5, 5.41) is 6.09. The minimum absolute atomic E-state index is 0.264. The van der Waals surface area contributed by atoms with Gasteiger partial charge in [-0.3, -0.25) is 0 Å². The van der Waals surface area contributed by atoms with E-state index >= 15 is 0 Å². The van der Waals surface area contributed by atoms with Crippen molar-refractivity contribution in [2.24, 2.45) is 0 Å². The van der Waals surface area contributed by atoms with Gasteiger partial charge in [-0.2, -0.15) is 0 Å². The molecule has 1 N–H and O–H groups in total. The molecule has 0 aliphatic rings. The summed E-state index contributed by atoms with van der Waals surface area (Å²) in [7, 11) is 0. The van der Waals surface area contributed by atoms with Gasteiger partial charge in [0.2, 0.25) is 0 Å². The lowest BCUT2D eigenvalue weighted by molar-refractivity contribution is 0.680. The molecule has 5 heteroatoms. The molecule has 108 valence electrons. The average Bonchev–Trinajstić information content (AvgIpc) is 2.91. The van der Waals surface area contributed by atoms with Crippen LogP contribution in [0.3, 0.4) is 0 Å². The lowest BCUT2D eigenvalue weighted by Crippen LogP contribution is -2.12. The summed E-state index contributed by atoms with van der Waals surface area (Å²) in [5.74, 6) is 1.85. The van der Waals surface area contributed by atoms with Crippen molar-refractivity contribution in [3.63, 3.8) is 0 Å². The maximum atomic E-state index is 6.09. The van der Waals surface area contributed by atoms with E-state index in [1.807, 2.05) is 0 Å². The Hall–Kier alpha value is -1.13. The molecule has 2 aromatic rings. The smallest absolute Gasteiger partial charge is 0.135 e. The van der Waals surface area contributed by atoms with Gasteiger partial charge in [0.25, 0.3) is 0 Å². The second-order valence-corrected chi connectivity index (χ2v) is 6.46. The first-order valence-electron chi connectivity index (χ1n) is 6.94. The first-order chi connectivity index (χ1) is 9.60. The summed E-state index contributed by atoms with van der Waals surface area (Å²) in [6.07, 6.45) is 2.19. The summed E-state index contributed by atoms with van der Waals surface area (Å²) in [6.45, 7) is 6.32. The SMILES string of the molecule is CCCC(Nc1cc(Cl)nc(C(C)C)n1)c1cccs1. The van der Waals surface area contributed by atoms with Gasteiger partial charge >= 0.3 is 0 Å². The standard InChI is InChI=1S/C15H20ClN3S/c1-4-6-11(12-7-5-8-20-12)17-14-9-13(16)18-15(19-14)10(2)3/h5,7-11H,4,6H2,1-3H3,(H,17,18,19). The zero-order valence-electron chi connectivity index (χ0n) is 12.1. The second-order valence-electron chi connectivity index (χ2n) is 5.09. The largest absolute Gasteiger partial charge is 0.362 e. The van der Waals surface area contributed by atoms with Crippen LogP contribution in [0, 0.1) is 0 Å². The van der Waals surface area contributed by atoms with E-state index in [4.69, 9.17) is 11.6 Å². The zero-order valence-corrected chi connectivity index (χ0v) is 13.6. The number of nitrogens with zero attached hydrogens (tertiary/aromatic N) is 2. The monoisotopic (exact) mass is 309 g/mol. The highest BCUT2D eigenvalue weighted by Gasteiger charge is 2.14. The predicted molar refractivity (Wildman–Crippen MR) is 86.7 cm³/mol. The van der Waals surface area contributed by atoms with Gasteiger partial charge in [0.1, 0.15) is 16.8 Å². The predicted octanol–water partition coefficient (Wildman–Crippen LogP) is 5.27. The highest BCUT2D eigenvalue weighted by molar-refractivity contribution is 7.10. The van der Waals surface area contributed by atoms with Crippen molar-refractivity contribution in [2.45, 2.75) is 45.6 Å². The molecule has 2 heterocycles. The zero-order chi connectivity index (χ0) is 14.5. The molecule has 0 fully saturated rings. The molecule has 20 heavy (non-hydrogen) atoms. The molecule has 0 amide bonds. The van der Waals surface area contributed by atoms with E-state index in [-0.39, 0.29) is 12.0 Å². The van der Waals surface area contributed by atoms with E-state index in [0.717, 1.165) is 24.5 Å². The van der Waals surface area contributed by atoms with E-state index in [9.17, 15) is 0 Å². The molecule has 0 saturated carbocycles. The quantitative estimate of drug-likeness (QED) is 0.739. The molecule has 2 aromatic heterocycles. The first kappa shape index (κ1) is 15.3. The van der Waals surface area contributed by atoms with Gasteiger partial charge < -0.3 is 5.32 Å². The molecule has 0 aliphatic heterocycles. The van der Waals surface area contributed by atoms with Crippen LogP contribution in [0.25, 0.3) is 0 Å². The van der Waals surface area contributed by atoms with Crippen LogP contribution in [0.5, 0.6) is 0 Å². The summed E-state index contributed by atoms with van der Waals surface area (Å²) in [4.78, 5) is 10.2. The Morgan fingerprint density at radius 3 is 2.75 bits per heavy atom. The van der Waals surface area contributed by atoms with Crippen LogP contribution in [0.15, 0.2) is 23.6 Å². The van der Waals surface area contributed by atoms with E-state index in [0.29, 0.717) is 5.15 Å². The van der Waals surface area contributed by atoms with E-state index in [2.05, 4.69) is 53.6 Å².